The lowest BCUT2D eigenvalue weighted by Crippen LogP contribution is -2.59. The van der Waals surface area contributed by atoms with E-state index in [0.29, 0.717) is 0 Å². The number of hydrogen-bond donors (Lipinski definition) is 4. The van der Waals surface area contributed by atoms with Crippen molar-refractivity contribution >= 4 is 11.9 Å². The number of esters is 1. The van der Waals surface area contributed by atoms with Gasteiger partial charge >= 0.3 is 11.9 Å². The number of ether oxygens (including phenoxy) is 2. The third-order valence-corrected chi connectivity index (χ3v) is 5.05. The summed E-state index contributed by atoms with van der Waals surface area (Å²) in [5.41, 5.74) is 2.25. The molecule has 0 radical (unpaired) electrons. The average Bonchev–Trinajstić information content (AvgIpc) is 2.83. The van der Waals surface area contributed by atoms with Gasteiger partial charge in [-0.25, -0.2) is 9.59 Å². The number of carbonyl (C=O) groups is 2. The molecule has 10 heteroatoms. The second-order valence-corrected chi connectivity index (χ2v) is 8.16. The molecule has 0 spiro atoms. The van der Waals surface area contributed by atoms with E-state index < -0.39 is 49.2 Å². The van der Waals surface area contributed by atoms with Crippen molar-refractivity contribution in [2.45, 2.75) is 58.4 Å². The summed E-state index contributed by atoms with van der Waals surface area (Å²) in [6.45, 7) is 6.27. The minimum atomic E-state index is -1.69. The normalized spacial score (nSPS) is 26.7. The third-order valence-electron chi connectivity index (χ3n) is 5.05. The lowest BCUT2D eigenvalue weighted by Gasteiger charge is -2.38. The van der Waals surface area contributed by atoms with Crippen LogP contribution in [-0.4, -0.2) is 69.6 Å². The summed E-state index contributed by atoms with van der Waals surface area (Å²) < 4.78 is 10.3. The van der Waals surface area contributed by atoms with Gasteiger partial charge in [0.1, 0.15) is 31.0 Å². The minimum Gasteiger partial charge on any atom is -0.478 e. The van der Waals surface area contributed by atoms with Crippen LogP contribution in [-0.2, 0) is 19.1 Å². The molecule has 10 nitrogen and oxygen atoms in total. The molecule has 1 aliphatic rings. The van der Waals surface area contributed by atoms with Gasteiger partial charge in [0.05, 0.1) is 0 Å². The van der Waals surface area contributed by atoms with E-state index in [2.05, 4.69) is 5.18 Å². The molecule has 1 fully saturated rings. The molecule has 0 aromatic rings. The Morgan fingerprint density at radius 3 is 1.83 bits per heavy atom. The van der Waals surface area contributed by atoms with Crippen LogP contribution in [0.25, 0.3) is 0 Å². The van der Waals surface area contributed by atoms with E-state index in [1.807, 2.05) is 38.2 Å². The Balaban J connectivity index is 2.66. The van der Waals surface area contributed by atoms with Gasteiger partial charge in [-0.3, -0.25) is 0 Å². The maximum atomic E-state index is 12.3. The number of hydrogen-bond acceptors (Lipinski definition) is 9. The van der Waals surface area contributed by atoms with Crippen molar-refractivity contribution in [2.75, 3.05) is 6.54 Å². The number of aliphatic carboxylic acids is 1. The van der Waals surface area contributed by atoms with Crippen molar-refractivity contribution in [1.29, 1.82) is 0 Å². The van der Waals surface area contributed by atoms with Gasteiger partial charge in [-0.15, -0.1) is 0 Å². The fourth-order valence-corrected chi connectivity index (χ4v) is 2.79. The van der Waals surface area contributed by atoms with Gasteiger partial charge in [0.2, 0.25) is 6.29 Å². The second-order valence-electron chi connectivity index (χ2n) is 8.16. The smallest absolute Gasteiger partial charge is 0.336 e. The van der Waals surface area contributed by atoms with Crippen LogP contribution < -0.4 is 0 Å². The lowest BCUT2D eigenvalue weighted by atomic mass is 9.99. The zero-order valence-electron chi connectivity index (χ0n) is 20.6. The molecule has 0 aromatic heterocycles. The Morgan fingerprint density at radius 2 is 1.33 bits per heavy atom. The van der Waals surface area contributed by atoms with Crippen molar-refractivity contribution < 1.29 is 39.5 Å². The first-order valence-corrected chi connectivity index (χ1v) is 11.1. The molecule has 0 aromatic carbocycles. The van der Waals surface area contributed by atoms with Crippen LogP contribution in [0.15, 0.2) is 88.2 Å². The summed E-state index contributed by atoms with van der Waals surface area (Å²) in [5.74, 6) is -1.77. The van der Waals surface area contributed by atoms with Gasteiger partial charge in [0.15, 0.2) is 0 Å². The Morgan fingerprint density at radius 1 is 0.806 bits per heavy atom. The first-order valence-electron chi connectivity index (χ1n) is 11.1. The predicted molar refractivity (Wildman–Crippen MR) is 134 cm³/mol. The number of aliphatic hydroxyl groups is 3. The van der Waals surface area contributed by atoms with E-state index in [1.54, 1.807) is 24.3 Å². The Bertz CT molecular complexity index is 1000. The molecule has 1 saturated heterocycles. The zero-order chi connectivity index (χ0) is 27.3. The maximum Gasteiger partial charge on any atom is 0.336 e. The number of nitroso groups, excluding NO2 is 1. The molecule has 196 valence electrons. The minimum absolute atomic E-state index is 0.189. The van der Waals surface area contributed by atoms with Crippen molar-refractivity contribution in [3.05, 3.63) is 88.0 Å². The van der Waals surface area contributed by atoms with Crippen LogP contribution in [0.3, 0.4) is 0 Å². The van der Waals surface area contributed by atoms with Crippen LogP contribution in [0.5, 0.6) is 0 Å². The van der Waals surface area contributed by atoms with Gasteiger partial charge in [0, 0.05) is 11.1 Å². The Kier molecular flexibility index (Phi) is 13.2. The van der Waals surface area contributed by atoms with E-state index in [4.69, 9.17) is 14.6 Å². The summed E-state index contributed by atoms with van der Waals surface area (Å²) in [5, 5.41) is 41.1. The second kappa shape index (κ2) is 15.5. The highest BCUT2D eigenvalue weighted by Crippen LogP contribution is 2.23. The van der Waals surface area contributed by atoms with Crippen LogP contribution in [0, 0.1) is 4.91 Å². The molecule has 1 rings (SSSR count). The molecular formula is C26H33NO9. The predicted octanol–water partition coefficient (Wildman–Crippen LogP) is 2.64. The molecule has 0 aliphatic carbocycles. The van der Waals surface area contributed by atoms with E-state index in [9.17, 15) is 29.8 Å². The van der Waals surface area contributed by atoms with Gasteiger partial charge in [-0.05, 0) is 27.7 Å². The SMILES string of the molecule is CC(/C=C/C=C(\C)C(=O)O)=C\C=C\C=C(C)\C=C\C=C(/C)C(=O)O[C@@H]1OC(CN=O)[C@@H](O)C(O)C1O. The van der Waals surface area contributed by atoms with Crippen molar-refractivity contribution in [3.8, 4) is 0 Å². The van der Waals surface area contributed by atoms with Gasteiger partial charge in [0.25, 0.3) is 0 Å². The van der Waals surface area contributed by atoms with E-state index in [0.717, 1.165) is 11.1 Å². The van der Waals surface area contributed by atoms with E-state index in [-0.39, 0.29) is 11.1 Å². The number of allylic oxidation sites excluding steroid dienone is 12. The van der Waals surface area contributed by atoms with Crippen molar-refractivity contribution in [1.82, 2.24) is 0 Å². The molecule has 0 amide bonds. The highest BCUT2D eigenvalue weighted by atomic mass is 16.7. The monoisotopic (exact) mass is 503 g/mol. The first kappa shape index (κ1) is 30.6. The summed E-state index contributed by atoms with van der Waals surface area (Å²) in [6.07, 6.45) is 9.55. The van der Waals surface area contributed by atoms with Gasteiger partial charge in [-0.2, -0.15) is 4.91 Å². The number of rotatable bonds is 11. The average molecular weight is 504 g/mol. The van der Waals surface area contributed by atoms with Crippen LogP contribution in [0.2, 0.25) is 0 Å². The summed E-state index contributed by atoms with van der Waals surface area (Å²) in [6, 6.07) is 0. The summed E-state index contributed by atoms with van der Waals surface area (Å²) in [4.78, 5) is 33.5. The van der Waals surface area contributed by atoms with Crippen molar-refractivity contribution in [2.24, 2.45) is 5.18 Å². The Labute approximate surface area is 209 Å². The quantitative estimate of drug-likeness (QED) is 0.144. The van der Waals surface area contributed by atoms with Crippen LogP contribution in [0.1, 0.15) is 27.7 Å². The highest BCUT2D eigenvalue weighted by Gasteiger charge is 2.45. The topological polar surface area (TPSA) is 163 Å². The number of aliphatic hydroxyl groups excluding tert-OH is 3. The molecule has 1 heterocycles. The van der Waals surface area contributed by atoms with E-state index in [1.165, 1.54) is 26.0 Å². The highest BCUT2D eigenvalue weighted by molar-refractivity contribution is 5.88. The molecule has 36 heavy (non-hydrogen) atoms. The van der Waals surface area contributed by atoms with Gasteiger partial charge in [-0.1, -0.05) is 77.1 Å². The van der Waals surface area contributed by atoms with E-state index >= 15 is 0 Å². The summed E-state index contributed by atoms with van der Waals surface area (Å²) in [7, 11) is 0. The lowest BCUT2D eigenvalue weighted by molar-refractivity contribution is -0.284. The first-order chi connectivity index (χ1) is 17.0. The maximum absolute atomic E-state index is 12.3. The number of carbonyl (C=O) groups excluding carboxylic acids is 1. The molecule has 0 bridgehead atoms. The molecule has 5 atom stereocenters. The van der Waals surface area contributed by atoms with Crippen molar-refractivity contribution in [3.63, 3.8) is 0 Å². The van der Waals surface area contributed by atoms with Crippen LogP contribution in [0.4, 0.5) is 0 Å². The molecule has 4 N–H and O–H groups in total. The standard InChI is InChI=1S/C26H33NO9/c1-16(11-7-13-18(3)24(31)32)9-5-6-10-17(2)12-8-14-19(4)25(33)36-26-23(30)22(29)21(28)20(35-26)15-27-34/h5-14,20-23,26,28-30H,15H2,1-4H3,(H,31,32)/b6-5+,11-7+,12-8+,16-9+,17-10+,18-13+,19-14+/t20?,21-,22?,23?,26+/m1/s1. The molecule has 0 saturated carbocycles. The zero-order valence-corrected chi connectivity index (χ0v) is 20.6. The Hall–Kier alpha value is -3.44. The van der Waals surface area contributed by atoms with Crippen LogP contribution >= 0.6 is 0 Å². The number of nitrogens with zero attached hydrogens (tertiary/aromatic N) is 1. The molecule has 3 unspecified atom stereocenters. The number of carboxylic acids is 1. The number of carboxylic acid groups (broad SMARTS) is 1. The molecular weight excluding hydrogens is 470 g/mol. The largest absolute Gasteiger partial charge is 0.478 e. The fourth-order valence-electron chi connectivity index (χ4n) is 2.79. The third kappa shape index (κ3) is 10.4. The molecule has 1 aliphatic heterocycles. The van der Waals surface area contributed by atoms with Gasteiger partial charge < -0.3 is 29.9 Å². The summed E-state index contributed by atoms with van der Waals surface area (Å²) >= 11 is 0. The fraction of sp³-hybridized carbons (Fsp3) is 0.385.